The Morgan fingerprint density at radius 2 is 2.06 bits per heavy atom. The molecule has 0 saturated heterocycles. The molecular formula is C11H20Cl2N4O. The number of carbonyl (C=O) groups excluding carboxylic acids is 1. The van der Waals surface area contributed by atoms with Crippen molar-refractivity contribution in [1.82, 2.24) is 4.98 Å². The molecule has 1 aromatic rings. The number of halogens is 2. The molecule has 0 bridgehead atoms. The highest BCUT2D eigenvalue weighted by molar-refractivity contribution is 5.91. The molecule has 1 amide bonds. The van der Waals surface area contributed by atoms with E-state index in [1.165, 1.54) is 0 Å². The third-order valence-electron chi connectivity index (χ3n) is 2.32. The lowest BCUT2D eigenvalue weighted by molar-refractivity contribution is -0.119. The monoisotopic (exact) mass is 294 g/mol. The van der Waals surface area contributed by atoms with Crippen LogP contribution in [-0.4, -0.2) is 31.5 Å². The second-order valence-corrected chi connectivity index (χ2v) is 3.92. The van der Waals surface area contributed by atoms with Crippen molar-refractivity contribution < 1.29 is 4.79 Å². The van der Waals surface area contributed by atoms with Crippen LogP contribution in [0, 0.1) is 5.92 Å². The maximum atomic E-state index is 11.5. The van der Waals surface area contributed by atoms with Crippen LogP contribution in [0.3, 0.4) is 0 Å². The Balaban J connectivity index is 0. The summed E-state index contributed by atoms with van der Waals surface area (Å²) in [6, 6.07) is 3.67. The fourth-order valence-corrected chi connectivity index (χ4v) is 1.08. The van der Waals surface area contributed by atoms with Gasteiger partial charge < -0.3 is 16.0 Å². The zero-order chi connectivity index (χ0) is 12.1. The molecule has 0 aromatic carbocycles. The quantitative estimate of drug-likeness (QED) is 0.883. The number of hydrogen-bond donors (Lipinski definition) is 2. The smallest absolute Gasteiger partial charge is 0.229 e. The van der Waals surface area contributed by atoms with Gasteiger partial charge in [-0.15, -0.1) is 24.8 Å². The molecule has 1 unspecified atom stereocenters. The Morgan fingerprint density at radius 3 is 2.44 bits per heavy atom. The normalized spacial score (nSPS) is 10.7. The zero-order valence-electron chi connectivity index (χ0n) is 10.7. The summed E-state index contributed by atoms with van der Waals surface area (Å²) in [5.74, 6) is 0.249. The van der Waals surface area contributed by atoms with Crippen LogP contribution in [-0.2, 0) is 4.79 Å². The van der Waals surface area contributed by atoms with E-state index < -0.39 is 0 Å². The predicted octanol–water partition coefficient (Wildman–Crippen LogP) is 1.52. The van der Waals surface area contributed by atoms with E-state index in [0.29, 0.717) is 12.4 Å². The number of pyridine rings is 1. The van der Waals surface area contributed by atoms with Crippen LogP contribution >= 0.6 is 24.8 Å². The largest absolute Gasteiger partial charge is 0.376 e. The van der Waals surface area contributed by atoms with Gasteiger partial charge in [-0.1, -0.05) is 6.92 Å². The summed E-state index contributed by atoms with van der Waals surface area (Å²) in [5, 5.41) is 2.71. The molecule has 1 heterocycles. The molecule has 5 nitrogen and oxygen atoms in total. The molecule has 18 heavy (non-hydrogen) atoms. The number of nitrogens with one attached hydrogen (secondary N) is 1. The van der Waals surface area contributed by atoms with E-state index in [-0.39, 0.29) is 36.6 Å². The summed E-state index contributed by atoms with van der Waals surface area (Å²) >= 11 is 0. The van der Waals surface area contributed by atoms with Gasteiger partial charge in [0.05, 0.1) is 11.9 Å². The molecular weight excluding hydrogens is 275 g/mol. The van der Waals surface area contributed by atoms with Crippen molar-refractivity contribution in [3.63, 3.8) is 0 Å². The number of anilines is 2. The number of amides is 1. The van der Waals surface area contributed by atoms with Gasteiger partial charge >= 0.3 is 0 Å². The molecule has 0 saturated carbocycles. The first-order valence-electron chi connectivity index (χ1n) is 5.19. The summed E-state index contributed by atoms with van der Waals surface area (Å²) in [6.45, 7) is 2.12. The number of nitrogens with two attached hydrogens (primary N) is 1. The second-order valence-electron chi connectivity index (χ2n) is 3.92. The molecule has 104 valence electrons. The molecule has 1 aromatic heterocycles. The van der Waals surface area contributed by atoms with Crippen molar-refractivity contribution in [2.75, 3.05) is 30.9 Å². The summed E-state index contributed by atoms with van der Waals surface area (Å²) in [7, 11) is 3.87. The van der Waals surface area contributed by atoms with E-state index in [1.807, 2.05) is 25.1 Å². The lowest BCUT2D eigenvalue weighted by Gasteiger charge is -2.13. The highest BCUT2D eigenvalue weighted by Crippen LogP contribution is 2.12. The number of carbonyl (C=O) groups is 1. The predicted molar refractivity (Wildman–Crippen MR) is 79.9 cm³/mol. The zero-order valence-corrected chi connectivity index (χ0v) is 12.3. The van der Waals surface area contributed by atoms with Crippen LogP contribution in [0.15, 0.2) is 18.3 Å². The van der Waals surface area contributed by atoms with E-state index in [9.17, 15) is 4.79 Å². The first kappa shape index (κ1) is 19.3. The second kappa shape index (κ2) is 8.97. The lowest BCUT2D eigenvalue weighted by atomic mass is 10.2. The molecule has 0 radical (unpaired) electrons. The van der Waals surface area contributed by atoms with Crippen LogP contribution in [0.5, 0.6) is 0 Å². The van der Waals surface area contributed by atoms with Gasteiger partial charge in [0, 0.05) is 26.6 Å². The molecule has 0 fully saturated rings. The van der Waals surface area contributed by atoms with Crippen molar-refractivity contribution >= 4 is 42.2 Å². The van der Waals surface area contributed by atoms with Crippen molar-refractivity contribution in [2.24, 2.45) is 11.7 Å². The number of hydrogen-bond acceptors (Lipinski definition) is 4. The lowest BCUT2D eigenvalue weighted by Crippen LogP contribution is -2.27. The first-order valence-corrected chi connectivity index (χ1v) is 5.19. The van der Waals surface area contributed by atoms with Gasteiger partial charge in [-0.2, -0.15) is 0 Å². The van der Waals surface area contributed by atoms with E-state index in [2.05, 4.69) is 10.3 Å². The summed E-state index contributed by atoms with van der Waals surface area (Å²) < 4.78 is 0. The number of rotatable bonds is 4. The minimum absolute atomic E-state index is 0. The van der Waals surface area contributed by atoms with Gasteiger partial charge in [-0.3, -0.25) is 4.79 Å². The van der Waals surface area contributed by atoms with Crippen LogP contribution in [0.2, 0.25) is 0 Å². The maximum Gasteiger partial charge on any atom is 0.229 e. The Bertz CT molecular complexity index is 357. The van der Waals surface area contributed by atoms with Gasteiger partial charge in [0.2, 0.25) is 5.91 Å². The third kappa shape index (κ3) is 5.53. The average molecular weight is 295 g/mol. The van der Waals surface area contributed by atoms with Crippen molar-refractivity contribution in [2.45, 2.75) is 6.92 Å². The van der Waals surface area contributed by atoms with E-state index in [1.54, 1.807) is 19.2 Å². The van der Waals surface area contributed by atoms with Crippen molar-refractivity contribution in [3.8, 4) is 0 Å². The third-order valence-corrected chi connectivity index (χ3v) is 2.32. The highest BCUT2D eigenvalue weighted by Gasteiger charge is 2.11. The minimum Gasteiger partial charge on any atom is -0.376 e. The molecule has 0 spiro atoms. The molecule has 1 rings (SSSR count). The van der Waals surface area contributed by atoms with Crippen LogP contribution < -0.4 is 16.0 Å². The highest BCUT2D eigenvalue weighted by atomic mass is 35.5. The molecule has 3 N–H and O–H groups in total. The van der Waals surface area contributed by atoms with Gasteiger partial charge in [-0.05, 0) is 12.1 Å². The van der Waals surface area contributed by atoms with Gasteiger partial charge in [0.25, 0.3) is 0 Å². The SMILES string of the molecule is CC(CN)C(=O)Nc1ccc(N(C)C)cn1.Cl.Cl. The van der Waals surface area contributed by atoms with Gasteiger partial charge in [-0.25, -0.2) is 4.98 Å². The molecule has 0 aliphatic carbocycles. The molecule has 7 heteroatoms. The van der Waals surface area contributed by atoms with Crippen molar-refractivity contribution in [3.05, 3.63) is 18.3 Å². The Kier molecular flexibility index (Phi) is 9.61. The Morgan fingerprint density at radius 1 is 1.44 bits per heavy atom. The Hall–Kier alpha value is -1.04. The molecule has 0 aliphatic heterocycles. The fourth-order valence-electron chi connectivity index (χ4n) is 1.08. The molecule has 1 atom stereocenters. The van der Waals surface area contributed by atoms with E-state index >= 15 is 0 Å². The van der Waals surface area contributed by atoms with Crippen LogP contribution in [0.4, 0.5) is 11.5 Å². The van der Waals surface area contributed by atoms with Crippen LogP contribution in [0.25, 0.3) is 0 Å². The van der Waals surface area contributed by atoms with Crippen LogP contribution in [0.1, 0.15) is 6.92 Å². The molecule has 0 aliphatic rings. The topological polar surface area (TPSA) is 71.2 Å². The summed E-state index contributed by atoms with van der Waals surface area (Å²) in [4.78, 5) is 17.6. The van der Waals surface area contributed by atoms with Crippen molar-refractivity contribution in [1.29, 1.82) is 0 Å². The first-order chi connectivity index (χ1) is 7.54. The minimum atomic E-state index is -0.199. The maximum absolute atomic E-state index is 11.5. The number of aromatic nitrogens is 1. The van der Waals surface area contributed by atoms with E-state index in [0.717, 1.165) is 5.69 Å². The average Bonchev–Trinajstić information content (AvgIpc) is 2.28. The van der Waals surface area contributed by atoms with Gasteiger partial charge in [0.15, 0.2) is 0 Å². The van der Waals surface area contributed by atoms with Gasteiger partial charge in [0.1, 0.15) is 5.82 Å². The Labute approximate surface area is 120 Å². The number of nitrogens with zero attached hydrogens (tertiary/aromatic N) is 2. The summed E-state index contributed by atoms with van der Waals surface area (Å²) in [5.41, 5.74) is 6.39. The fraction of sp³-hybridized carbons (Fsp3) is 0.455. The van der Waals surface area contributed by atoms with E-state index in [4.69, 9.17) is 5.73 Å². The summed E-state index contributed by atoms with van der Waals surface area (Å²) in [6.07, 6.45) is 1.71. The standard InChI is InChI=1S/C11H18N4O.2ClH/c1-8(6-12)11(16)14-10-5-4-9(7-13-10)15(2)3;;/h4-5,7-8H,6,12H2,1-3H3,(H,13,14,16);2*1H.